The smallest absolute Gasteiger partial charge is 0.248 e. The third kappa shape index (κ3) is 5.47. The average Bonchev–Trinajstić information content (AvgIpc) is 3.67. The number of benzene rings is 1. The average molecular weight is 608 g/mol. The molecule has 1 spiro atoms. The van der Waals surface area contributed by atoms with Crippen LogP contribution in [0.15, 0.2) is 49.6 Å². The number of hydrogen-bond donors (Lipinski definition) is 1. The fraction of sp³-hybridized carbons (Fsp3) is 0.629. The number of fused-ring (bicyclic) bond motifs is 1. The number of aliphatic hydroxyl groups is 1. The van der Waals surface area contributed by atoms with Gasteiger partial charge in [0.25, 0.3) is 0 Å². The van der Waals surface area contributed by atoms with Crippen LogP contribution in [-0.2, 0) is 19.1 Å². The lowest BCUT2D eigenvalue weighted by Gasteiger charge is -2.43. The predicted molar refractivity (Wildman–Crippen MR) is 169 cm³/mol. The van der Waals surface area contributed by atoms with Crippen LogP contribution >= 0.6 is 0 Å². The van der Waals surface area contributed by atoms with Crippen LogP contribution in [0.4, 0.5) is 5.69 Å². The number of hydrogen-bond acceptors (Lipinski definition) is 6. The molecule has 44 heavy (non-hydrogen) atoms. The molecular formula is C35H49N3O6. The van der Waals surface area contributed by atoms with Crippen molar-refractivity contribution in [2.75, 3.05) is 31.2 Å². The van der Waals surface area contributed by atoms with E-state index < -0.39 is 35.6 Å². The number of aliphatic hydroxyl groups excluding tert-OH is 1. The maximum absolute atomic E-state index is 14.8. The van der Waals surface area contributed by atoms with Crippen molar-refractivity contribution in [3.05, 3.63) is 49.6 Å². The summed E-state index contributed by atoms with van der Waals surface area (Å²) < 4.78 is 12.3. The van der Waals surface area contributed by atoms with Crippen LogP contribution in [0.5, 0.6) is 5.75 Å². The van der Waals surface area contributed by atoms with E-state index >= 15 is 0 Å². The second-order valence-electron chi connectivity index (χ2n) is 13.0. The largest absolute Gasteiger partial charge is 0.494 e. The van der Waals surface area contributed by atoms with Gasteiger partial charge >= 0.3 is 0 Å². The summed E-state index contributed by atoms with van der Waals surface area (Å²) in [4.78, 5) is 49.1. The SMILES string of the molecule is C=CCN(C(=O)[C@@H]1[C@H]2C(=O)N([C@@H](CO)C(C)C)C(C(=O)N(CC=C)C3CCCCC3)C23CC[C@H]1O3)c1ccc(OCC)cc1. The molecule has 2 bridgehead atoms. The van der Waals surface area contributed by atoms with Crippen molar-refractivity contribution in [3.8, 4) is 5.75 Å². The Morgan fingerprint density at radius 2 is 1.77 bits per heavy atom. The zero-order valence-electron chi connectivity index (χ0n) is 26.5. The molecule has 1 aromatic carbocycles. The molecule has 2 unspecified atom stereocenters. The lowest BCUT2D eigenvalue weighted by atomic mass is 9.70. The van der Waals surface area contributed by atoms with Gasteiger partial charge in [-0.3, -0.25) is 14.4 Å². The predicted octanol–water partition coefficient (Wildman–Crippen LogP) is 4.34. The fourth-order valence-electron chi connectivity index (χ4n) is 8.26. The summed E-state index contributed by atoms with van der Waals surface area (Å²) in [7, 11) is 0. The van der Waals surface area contributed by atoms with Crippen molar-refractivity contribution in [2.45, 2.75) is 95.5 Å². The van der Waals surface area contributed by atoms with E-state index in [4.69, 9.17) is 9.47 Å². The van der Waals surface area contributed by atoms with Gasteiger partial charge in [0.05, 0.1) is 37.2 Å². The molecule has 3 heterocycles. The lowest BCUT2D eigenvalue weighted by molar-refractivity contribution is -0.154. The number of rotatable bonds is 13. The molecule has 3 amide bonds. The van der Waals surface area contributed by atoms with E-state index in [1.807, 2.05) is 49.9 Å². The number of anilines is 1. The standard InChI is InChI=1S/C35H49N3O6/c1-6-20-36(25-14-16-26(17-15-25)43-8-3)32(40)29-28-18-19-35(44-28)30(29)33(41)38(27(22-39)23(4)5)31(35)34(42)37(21-7-2)24-12-10-9-11-13-24/h6-7,14-17,23-24,27-31,39H,1-2,8-13,18-22H2,3-5H3/t27-,28+,29-,30-,31?,35?/m0/s1. The minimum absolute atomic E-state index is 0.0621. The van der Waals surface area contributed by atoms with Gasteiger partial charge in [0.1, 0.15) is 17.4 Å². The highest BCUT2D eigenvalue weighted by molar-refractivity contribution is 6.03. The normalized spacial score (nSPS) is 28.6. The van der Waals surface area contributed by atoms with E-state index in [1.165, 1.54) is 0 Å². The van der Waals surface area contributed by atoms with Gasteiger partial charge in [-0.25, -0.2) is 0 Å². The molecule has 9 heteroatoms. The van der Waals surface area contributed by atoms with Crippen LogP contribution in [0.1, 0.15) is 65.7 Å². The molecule has 1 aliphatic carbocycles. The first-order chi connectivity index (χ1) is 21.2. The maximum atomic E-state index is 14.8. The van der Waals surface area contributed by atoms with Crippen LogP contribution in [0, 0.1) is 17.8 Å². The van der Waals surface area contributed by atoms with E-state index in [2.05, 4.69) is 13.2 Å². The number of carbonyl (C=O) groups is 3. The van der Waals surface area contributed by atoms with Gasteiger partial charge in [-0.2, -0.15) is 0 Å². The van der Waals surface area contributed by atoms with Crippen molar-refractivity contribution in [3.63, 3.8) is 0 Å². The van der Waals surface area contributed by atoms with Crippen LogP contribution < -0.4 is 9.64 Å². The van der Waals surface area contributed by atoms with E-state index in [1.54, 1.807) is 22.0 Å². The third-order valence-electron chi connectivity index (χ3n) is 10.2. The number of ether oxygens (including phenoxy) is 2. The zero-order valence-corrected chi connectivity index (χ0v) is 26.5. The first kappa shape index (κ1) is 32.2. The number of amides is 3. The van der Waals surface area contributed by atoms with Crippen molar-refractivity contribution < 1.29 is 29.0 Å². The Morgan fingerprint density at radius 3 is 2.36 bits per heavy atom. The highest BCUT2D eigenvalue weighted by Crippen LogP contribution is 2.59. The molecule has 3 saturated heterocycles. The summed E-state index contributed by atoms with van der Waals surface area (Å²) in [6.45, 7) is 14.5. The van der Waals surface area contributed by atoms with Gasteiger partial charge in [0, 0.05) is 24.8 Å². The molecule has 1 saturated carbocycles. The van der Waals surface area contributed by atoms with Gasteiger partial charge in [-0.05, 0) is 62.8 Å². The maximum Gasteiger partial charge on any atom is 0.248 e. The van der Waals surface area contributed by atoms with Gasteiger partial charge in [-0.1, -0.05) is 45.3 Å². The molecular weight excluding hydrogens is 558 g/mol. The minimum atomic E-state index is -1.13. The molecule has 4 fully saturated rings. The van der Waals surface area contributed by atoms with Crippen molar-refractivity contribution in [2.24, 2.45) is 17.8 Å². The van der Waals surface area contributed by atoms with Gasteiger partial charge < -0.3 is 29.3 Å². The van der Waals surface area contributed by atoms with Gasteiger partial charge in [0.2, 0.25) is 17.7 Å². The van der Waals surface area contributed by atoms with E-state index in [9.17, 15) is 19.5 Å². The first-order valence-corrected chi connectivity index (χ1v) is 16.4. The summed E-state index contributed by atoms with van der Waals surface area (Å²) in [6.07, 6.45) is 9.12. The van der Waals surface area contributed by atoms with Gasteiger partial charge in [-0.15, -0.1) is 13.2 Å². The Bertz CT molecular complexity index is 1230. The van der Waals surface area contributed by atoms with Gasteiger partial charge in [0.15, 0.2) is 0 Å². The molecule has 1 N–H and O–H groups in total. The van der Waals surface area contributed by atoms with Crippen LogP contribution in [0.25, 0.3) is 0 Å². The summed E-state index contributed by atoms with van der Waals surface area (Å²) in [6, 6.07) is 5.89. The molecule has 5 rings (SSSR count). The summed E-state index contributed by atoms with van der Waals surface area (Å²) in [5, 5.41) is 10.6. The highest BCUT2D eigenvalue weighted by Gasteiger charge is 2.75. The Morgan fingerprint density at radius 1 is 1.09 bits per heavy atom. The van der Waals surface area contributed by atoms with Crippen LogP contribution in [0.3, 0.4) is 0 Å². The number of likely N-dealkylation sites (tertiary alicyclic amines) is 1. The molecule has 4 aliphatic rings. The second kappa shape index (κ2) is 13.4. The third-order valence-corrected chi connectivity index (χ3v) is 10.2. The second-order valence-corrected chi connectivity index (χ2v) is 13.0. The topological polar surface area (TPSA) is 99.6 Å². The van der Waals surface area contributed by atoms with Crippen molar-refractivity contribution in [1.82, 2.24) is 9.80 Å². The monoisotopic (exact) mass is 607 g/mol. The number of nitrogens with zero attached hydrogens (tertiary/aromatic N) is 3. The quantitative estimate of drug-likeness (QED) is 0.335. The minimum Gasteiger partial charge on any atom is -0.494 e. The summed E-state index contributed by atoms with van der Waals surface area (Å²) in [5.74, 6) is -1.62. The molecule has 240 valence electrons. The van der Waals surface area contributed by atoms with E-state index in [-0.39, 0.29) is 42.8 Å². The first-order valence-electron chi connectivity index (χ1n) is 16.4. The van der Waals surface area contributed by atoms with E-state index in [0.717, 1.165) is 32.1 Å². The van der Waals surface area contributed by atoms with Crippen LogP contribution in [-0.4, -0.2) is 88.8 Å². The lowest BCUT2D eigenvalue weighted by Crippen LogP contribution is -2.61. The molecule has 0 radical (unpaired) electrons. The molecule has 1 aromatic rings. The Hall–Kier alpha value is -3.17. The Labute approximate surface area is 261 Å². The molecule has 0 aromatic heterocycles. The zero-order chi connectivity index (χ0) is 31.6. The van der Waals surface area contributed by atoms with Crippen molar-refractivity contribution >= 4 is 23.4 Å². The summed E-state index contributed by atoms with van der Waals surface area (Å²) in [5.41, 5.74) is -0.455. The van der Waals surface area contributed by atoms with E-state index in [0.29, 0.717) is 37.4 Å². The highest BCUT2D eigenvalue weighted by atomic mass is 16.5. The molecule has 9 nitrogen and oxygen atoms in total. The molecule has 6 atom stereocenters. The number of carbonyl (C=O) groups excluding carboxylic acids is 3. The molecule has 3 aliphatic heterocycles. The Balaban J connectivity index is 1.54. The summed E-state index contributed by atoms with van der Waals surface area (Å²) >= 11 is 0. The van der Waals surface area contributed by atoms with Crippen molar-refractivity contribution in [1.29, 1.82) is 0 Å². The Kier molecular flexibility index (Phi) is 9.85. The van der Waals surface area contributed by atoms with Crippen LogP contribution in [0.2, 0.25) is 0 Å². The fourth-order valence-corrected chi connectivity index (χ4v) is 8.26.